The van der Waals surface area contributed by atoms with E-state index in [1.54, 1.807) is 12.1 Å². The van der Waals surface area contributed by atoms with Crippen LogP contribution in [0.3, 0.4) is 0 Å². The van der Waals surface area contributed by atoms with Gasteiger partial charge in [-0.15, -0.1) is 0 Å². The van der Waals surface area contributed by atoms with Gasteiger partial charge < -0.3 is 14.6 Å². The van der Waals surface area contributed by atoms with Crippen molar-refractivity contribution < 1.29 is 17.6 Å². The molecule has 2 heterocycles. The van der Waals surface area contributed by atoms with Crippen molar-refractivity contribution >= 4 is 44.6 Å². The minimum atomic E-state index is -3.14. The molecule has 0 atom stereocenters. The zero-order valence-electron chi connectivity index (χ0n) is 14.7. The first-order valence-corrected chi connectivity index (χ1v) is 10.5. The van der Waals surface area contributed by atoms with Crippen molar-refractivity contribution in [2.75, 3.05) is 42.7 Å². The predicted molar refractivity (Wildman–Crippen MR) is 107 cm³/mol. The molecule has 3 rings (SSSR count). The SMILES string of the molecule is CS(=O)(=O)N1CCN(c2ccc(NC(=S)NC(=O)c3ccco3)cc2)CC1. The van der Waals surface area contributed by atoms with E-state index < -0.39 is 15.9 Å². The minimum absolute atomic E-state index is 0.172. The first kappa shape index (κ1) is 19.3. The van der Waals surface area contributed by atoms with Gasteiger partial charge in [0.2, 0.25) is 10.0 Å². The topological polar surface area (TPSA) is 94.9 Å². The Morgan fingerprint density at radius 1 is 1.11 bits per heavy atom. The van der Waals surface area contributed by atoms with Crippen LogP contribution in [0.1, 0.15) is 10.6 Å². The van der Waals surface area contributed by atoms with Crippen LogP contribution in [-0.2, 0) is 10.0 Å². The second kappa shape index (κ2) is 8.07. The molecule has 0 aliphatic carbocycles. The Bertz CT molecular complexity index is 903. The number of amides is 1. The second-order valence-electron chi connectivity index (χ2n) is 6.08. The molecule has 0 radical (unpaired) electrons. The summed E-state index contributed by atoms with van der Waals surface area (Å²) in [7, 11) is -3.14. The molecule has 2 aromatic rings. The number of piperazine rings is 1. The Balaban J connectivity index is 1.53. The number of rotatable bonds is 4. The van der Waals surface area contributed by atoms with Crippen molar-refractivity contribution in [1.82, 2.24) is 9.62 Å². The summed E-state index contributed by atoms with van der Waals surface area (Å²) in [6.45, 7) is 2.22. The van der Waals surface area contributed by atoms with E-state index in [0.29, 0.717) is 26.2 Å². The van der Waals surface area contributed by atoms with Crippen molar-refractivity contribution in [3.05, 3.63) is 48.4 Å². The molecule has 2 N–H and O–H groups in total. The van der Waals surface area contributed by atoms with Gasteiger partial charge >= 0.3 is 0 Å². The number of carbonyl (C=O) groups is 1. The quantitative estimate of drug-likeness (QED) is 0.740. The fraction of sp³-hybridized carbons (Fsp3) is 0.294. The van der Waals surface area contributed by atoms with Gasteiger partial charge in [0.1, 0.15) is 0 Å². The number of hydrogen-bond acceptors (Lipinski definition) is 6. The highest BCUT2D eigenvalue weighted by atomic mass is 32.2. The molecule has 10 heteroatoms. The zero-order valence-corrected chi connectivity index (χ0v) is 16.3. The van der Waals surface area contributed by atoms with E-state index in [0.717, 1.165) is 11.4 Å². The van der Waals surface area contributed by atoms with Gasteiger partial charge in [0.15, 0.2) is 10.9 Å². The maximum atomic E-state index is 11.9. The number of nitrogens with zero attached hydrogens (tertiary/aromatic N) is 2. The number of furan rings is 1. The van der Waals surface area contributed by atoms with Crippen LogP contribution in [0.4, 0.5) is 11.4 Å². The standard InChI is InChI=1S/C17H20N4O4S2/c1-27(23,24)21-10-8-20(9-11-21)14-6-4-13(5-7-14)18-17(26)19-16(22)15-3-2-12-25-15/h2-7,12H,8-11H2,1H3,(H2,18,19,22,26). The molecule has 144 valence electrons. The molecule has 1 saturated heterocycles. The summed E-state index contributed by atoms with van der Waals surface area (Å²) in [5, 5.41) is 5.66. The van der Waals surface area contributed by atoms with Gasteiger partial charge in [-0.3, -0.25) is 10.1 Å². The van der Waals surface area contributed by atoms with Crippen molar-refractivity contribution in [2.45, 2.75) is 0 Å². The van der Waals surface area contributed by atoms with Crippen LogP contribution >= 0.6 is 12.2 Å². The lowest BCUT2D eigenvalue weighted by Gasteiger charge is -2.34. The Kier molecular flexibility index (Phi) is 5.78. The third kappa shape index (κ3) is 5.06. The molecule has 0 saturated carbocycles. The number of thiocarbonyl (C=S) groups is 1. The van der Waals surface area contributed by atoms with Crippen LogP contribution in [0, 0.1) is 0 Å². The molecular formula is C17H20N4O4S2. The van der Waals surface area contributed by atoms with Crippen LogP contribution in [0.15, 0.2) is 47.1 Å². The molecule has 1 fully saturated rings. The second-order valence-corrected chi connectivity index (χ2v) is 8.47. The molecule has 1 amide bonds. The van der Waals surface area contributed by atoms with Crippen LogP contribution in [0.2, 0.25) is 0 Å². The average molecular weight is 409 g/mol. The van der Waals surface area contributed by atoms with E-state index in [4.69, 9.17) is 16.6 Å². The van der Waals surface area contributed by atoms with Gasteiger partial charge in [0, 0.05) is 37.6 Å². The summed E-state index contributed by atoms with van der Waals surface area (Å²) in [6.07, 6.45) is 2.65. The van der Waals surface area contributed by atoms with Crippen molar-refractivity contribution in [1.29, 1.82) is 0 Å². The molecule has 1 aliphatic heterocycles. The van der Waals surface area contributed by atoms with Gasteiger partial charge in [0.25, 0.3) is 5.91 Å². The van der Waals surface area contributed by atoms with E-state index in [1.165, 1.54) is 16.8 Å². The summed E-state index contributed by atoms with van der Waals surface area (Å²) in [4.78, 5) is 14.0. The Labute approximate surface area is 163 Å². The van der Waals surface area contributed by atoms with E-state index in [-0.39, 0.29) is 10.9 Å². The van der Waals surface area contributed by atoms with Gasteiger partial charge in [0.05, 0.1) is 12.5 Å². The van der Waals surface area contributed by atoms with Gasteiger partial charge in [-0.1, -0.05) is 0 Å². The third-order valence-electron chi connectivity index (χ3n) is 4.17. The van der Waals surface area contributed by atoms with Crippen molar-refractivity contribution in [3.8, 4) is 0 Å². The largest absolute Gasteiger partial charge is 0.459 e. The number of carbonyl (C=O) groups excluding carboxylic acids is 1. The number of sulfonamides is 1. The van der Waals surface area contributed by atoms with Crippen molar-refractivity contribution in [3.63, 3.8) is 0 Å². The summed E-state index contributed by atoms with van der Waals surface area (Å²) >= 11 is 5.13. The molecule has 0 bridgehead atoms. The lowest BCUT2D eigenvalue weighted by molar-refractivity contribution is 0.0950. The van der Waals surface area contributed by atoms with E-state index in [1.807, 2.05) is 24.3 Å². The van der Waals surface area contributed by atoms with Gasteiger partial charge in [-0.05, 0) is 48.6 Å². The van der Waals surface area contributed by atoms with Crippen LogP contribution < -0.4 is 15.5 Å². The first-order valence-electron chi connectivity index (χ1n) is 8.29. The van der Waals surface area contributed by atoms with E-state index in [2.05, 4.69) is 15.5 Å². The fourth-order valence-corrected chi connectivity index (χ4v) is 3.81. The lowest BCUT2D eigenvalue weighted by atomic mass is 10.2. The number of anilines is 2. The van der Waals surface area contributed by atoms with Crippen LogP contribution in [-0.4, -0.2) is 56.2 Å². The predicted octanol–water partition coefficient (Wildman–Crippen LogP) is 1.49. The van der Waals surface area contributed by atoms with Gasteiger partial charge in [-0.2, -0.15) is 4.31 Å². The minimum Gasteiger partial charge on any atom is -0.459 e. The molecule has 27 heavy (non-hydrogen) atoms. The zero-order chi connectivity index (χ0) is 19.4. The molecule has 8 nitrogen and oxygen atoms in total. The lowest BCUT2D eigenvalue weighted by Crippen LogP contribution is -2.48. The average Bonchev–Trinajstić information content (AvgIpc) is 3.16. The highest BCUT2D eigenvalue weighted by Crippen LogP contribution is 2.20. The molecule has 1 aliphatic rings. The number of benzene rings is 1. The molecule has 0 unspecified atom stereocenters. The smallest absolute Gasteiger partial charge is 0.293 e. The summed E-state index contributed by atoms with van der Waals surface area (Å²) in [5.41, 5.74) is 1.73. The molecular weight excluding hydrogens is 388 g/mol. The maximum Gasteiger partial charge on any atom is 0.293 e. The highest BCUT2D eigenvalue weighted by Gasteiger charge is 2.23. The molecule has 1 aromatic carbocycles. The molecule has 1 aromatic heterocycles. The van der Waals surface area contributed by atoms with Crippen LogP contribution in [0.25, 0.3) is 0 Å². The third-order valence-corrected chi connectivity index (χ3v) is 5.68. The maximum absolute atomic E-state index is 11.9. The molecule has 0 spiro atoms. The summed E-state index contributed by atoms with van der Waals surface area (Å²) in [5.74, 6) is -0.236. The monoisotopic (exact) mass is 408 g/mol. The Morgan fingerprint density at radius 3 is 2.33 bits per heavy atom. The number of hydrogen-bond donors (Lipinski definition) is 2. The van der Waals surface area contributed by atoms with Crippen molar-refractivity contribution in [2.24, 2.45) is 0 Å². The Morgan fingerprint density at radius 2 is 1.78 bits per heavy atom. The first-order chi connectivity index (χ1) is 12.8. The van der Waals surface area contributed by atoms with Crippen LogP contribution in [0.5, 0.6) is 0 Å². The van der Waals surface area contributed by atoms with E-state index in [9.17, 15) is 13.2 Å². The van der Waals surface area contributed by atoms with Gasteiger partial charge in [-0.25, -0.2) is 8.42 Å². The summed E-state index contributed by atoms with van der Waals surface area (Å²) < 4.78 is 29.7. The number of nitrogens with one attached hydrogen (secondary N) is 2. The fourth-order valence-electron chi connectivity index (χ4n) is 2.77. The van der Waals surface area contributed by atoms with E-state index >= 15 is 0 Å². The highest BCUT2D eigenvalue weighted by molar-refractivity contribution is 7.88. The normalized spacial score (nSPS) is 15.4. The Hall–Kier alpha value is -2.43. The summed E-state index contributed by atoms with van der Waals surface area (Å²) in [6, 6.07) is 10.7.